The predicted octanol–water partition coefficient (Wildman–Crippen LogP) is 4.01. The predicted molar refractivity (Wildman–Crippen MR) is 63.5 cm³/mol. The van der Waals surface area contributed by atoms with E-state index in [2.05, 4.69) is 11.7 Å². The van der Waals surface area contributed by atoms with E-state index in [1.54, 1.807) is 12.1 Å². The molecule has 0 aliphatic heterocycles. The quantitative estimate of drug-likeness (QED) is 0.542. The van der Waals surface area contributed by atoms with E-state index in [1.807, 2.05) is 13.0 Å². The fourth-order valence-electron chi connectivity index (χ4n) is 1.15. The van der Waals surface area contributed by atoms with Crippen molar-refractivity contribution in [2.75, 3.05) is 0 Å². The first-order valence-electron chi connectivity index (χ1n) is 4.39. The molecule has 0 aliphatic carbocycles. The van der Waals surface area contributed by atoms with Crippen LogP contribution in [0.2, 0.25) is 0 Å². The standard InChI is InChI=1S/C12H11ClFN/c1-9(6-11(13)8-15-2)10-4-3-5-12(14)7-10/h3-8H,2H2,1H3/b9-6-,11-8+. The van der Waals surface area contributed by atoms with Gasteiger partial charge >= 0.3 is 0 Å². The summed E-state index contributed by atoms with van der Waals surface area (Å²) in [6.45, 7) is 5.15. The van der Waals surface area contributed by atoms with E-state index in [4.69, 9.17) is 11.6 Å². The fraction of sp³-hybridized carbons (Fsp3) is 0.0833. The molecule has 0 N–H and O–H groups in total. The Morgan fingerprint density at radius 2 is 2.27 bits per heavy atom. The van der Waals surface area contributed by atoms with Gasteiger partial charge in [-0.15, -0.1) is 0 Å². The zero-order valence-electron chi connectivity index (χ0n) is 8.37. The maximum atomic E-state index is 12.9. The van der Waals surface area contributed by atoms with E-state index in [1.165, 1.54) is 18.3 Å². The molecule has 0 fully saturated rings. The van der Waals surface area contributed by atoms with Gasteiger partial charge in [0.15, 0.2) is 0 Å². The van der Waals surface area contributed by atoms with Gasteiger partial charge in [-0.05, 0) is 43.0 Å². The van der Waals surface area contributed by atoms with Crippen LogP contribution in [0.1, 0.15) is 12.5 Å². The van der Waals surface area contributed by atoms with Crippen molar-refractivity contribution >= 4 is 23.9 Å². The molecule has 78 valence electrons. The van der Waals surface area contributed by atoms with Gasteiger partial charge in [-0.2, -0.15) is 0 Å². The van der Waals surface area contributed by atoms with Crippen LogP contribution in [-0.4, -0.2) is 6.72 Å². The van der Waals surface area contributed by atoms with E-state index in [-0.39, 0.29) is 5.82 Å². The third-order valence-electron chi connectivity index (χ3n) is 1.85. The van der Waals surface area contributed by atoms with Crippen molar-refractivity contribution in [3.8, 4) is 0 Å². The largest absolute Gasteiger partial charge is 0.271 e. The number of benzene rings is 1. The monoisotopic (exact) mass is 223 g/mol. The maximum absolute atomic E-state index is 12.9. The normalized spacial score (nSPS) is 12.7. The summed E-state index contributed by atoms with van der Waals surface area (Å²) in [6.07, 6.45) is 3.15. The summed E-state index contributed by atoms with van der Waals surface area (Å²) in [7, 11) is 0. The number of nitrogens with zero attached hydrogens (tertiary/aromatic N) is 1. The van der Waals surface area contributed by atoms with Gasteiger partial charge in [0.2, 0.25) is 0 Å². The Balaban J connectivity index is 2.98. The molecule has 0 atom stereocenters. The summed E-state index contributed by atoms with van der Waals surface area (Å²) >= 11 is 5.82. The first-order valence-corrected chi connectivity index (χ1v) is 4.77. The van der Waals surface area contributed by atoms with Crippen LogP contribution in [0, 0.1) is 5.82 Å². The van der Waals surface area contributed by atoms with Gasteiger partial charge in [0.25, 0.3) is 0 Å². The Labute approximate surface area is 93.6 Å². The molecule has 0 radical (unpaired) electrons. The molecule has 1 rings (SSSR count). The molecular formula is C12H11ClFN. The molecule has 0 heterocycles. The van der Waals surface area contributed by atoms with Gasteiger partial charge in [-0.3, -0.25) is 4.99 Å². The van der Waals surface area contributed by atoms with E-state index >= 15 is 0 Å². The lowest BCUT2D eigenvalue weighted by molar-refractivity contribution is 0.627. The highest BCUT2D eigenvalue weighted by Gasteiger charge is 1.97. The van der Waals surface area contributed by atoms with Crippen LogP contribution in [0.15, 0.2) is 46.6 Å². The van der Waals surface area contributed by atoms with Crippen molar-refractivity contribution in [2.45, 2.75) is 6.92 Å². The third-order valence-corrected chi connectivity index (χ3v) is 2.06. The van der Waals surface area contributed by atoms with Crippen molar-refractivity contribution in [1.82, 2.24) is 0 Å². The van der Waals surface area contributed by atoms with E-state index in [0.29, 0.717) is 5.03 Å². The number of hydrogen-bond acceptors (Lipinski definition) is 1. The lowest BCUT2D eigenvalue weighted by Crippen LogP contribution is -1.81. The van der Waals surface area contributed by atoms with E-state index in [0.717, 1.165) is 11.1 Å². The number of aliphatic imine (C=N–C) groups is 1. The summed E-state index contributed by atoms with van der Waals surface area (Å²) in [6, 6.07) is 6.34. The lowest BCUT2D eigenvalue weighted by atomic mass is 10.1. The van der Waals surface area contributed by atoms with Gasteiger partial charge < -0.3 is 0 Å². The molecule has 1 aromatic carbocycles. The van der Waals surface area contributed by atoms with Crippen molar-refractivity contribution in [1.29, 1.82) is 0 Å². The second-order valence-electron chi connectivity index (χ2n) is 3.03. The minimum absolute atomic E-state index is 0.262. The van der Waals surface area contributed by atoms with Crippen LogP contribution in [0.3, 0.4) is 0 Å². The van der Waals surface area contributed by atoms with Crippen molar-refractivity contribution in [3.05, 3.63) is 53.0 Å². The average molecular weight is 224 g/mol. The Morgan fingerprint density at radius 3 is 2.87 bits per heavy atom. The maximum Gasteiger partial charge on any atom is 0.123 e. The van der Waals surface area contributed by atoms with Crippen LogP contribution in [0.25, 0.3) is 5.57 Å². The summed E-state index contributed by atoms with van der Waals surface area (Å²) in [5.74, 6) is -0.262. The van der Waals surface area contributed by atoms with E-state index in [9.17, 15) is 4.39 Å². The molecule has 15 heavy (non-hydrogen) atoms. The Kier molecular flexibility index (Phi) is 4.25. The molecule has 0 bridgehead atoms. The van der Waals surface area contributed by atoms with Crippen LogP contribution >= 0.6 is 11.6 Å². The van der Waals surface area contributed by atoms with Crippen LogP contribution in [0.5, 0.6) is 0 Å². The fourth-order valence-corrected chi connectivity index (χ4v) is 1.38. The molecular weight excluding hydrogens is 213 g/mol. The molecule has 0 spiro atoms. The average Bonchev–Trinajstić information content (AvgIpc) is 2.18. The summed E-state index contributed by atoms with van der Waals surface area (Å²) in [5.41, 5.74) is 1.67. The van der Waals surface area contributed by atoms with Gasteiger partial charge in [-0.25, -0.2) is 4.39 Å². The van der Waals surface area contributed by atoms with Gasteiger partial charge in [0.05, 0.1) is 5.03 Å². The number of allylic oxidation sites excluding steroid dienone is 3. The molecule has 0 aliphatic rings. The second-order valence-corrected chi connectivity index (χ2v) is 3.47. The highest BCUT2D eigenvalue weighted by molar-refractivity contribution is 6.31. The van der Waals surface area contributed by atoms with Gasteiger partial charge in [0.1, 0.15) is 5.82 Å². The first kappa shape index (κ1) is 11.7. The molecule has 1 nitrogen and oxygen atoms in total. The van der Waals surface area contributed by atoms with Gasteiger partial charge in [0, 0.05) is 6.20 Å². The third kappa shape index (κ3) is 3.68. The molecule has 0 saturated carbocycles. The molecule has 1 aromatic rings. The molecule has 3 heteroatoms. The zero-order valence-corrected chi connectivity index (χ0v) is 9.13. The summed E-state index contributed by atoms with van der Waals surface area (Å²) in [5, 5.41) is 0.465. The smallest absolute Gasteiger partial charge is 0.123 e. The highest BCUT2D eigenvalue weighted by Crippen LogP contribution is 2.18. The Morgan fingerprint density at radius 1 is 1.53 bits per heavy atom. The second kappa shape index (κ2) is 5.47. The minimum atomic E-state index is -0.262. The van der Waals surface area contributed by atoms with Crippen LogP contribution in [0.4, 0.5) is 4.39 Å². The number of rotatable bonds is 3. The van der Waals surface area contributed by atoms with E-state index < -0.39 is 0 Å². The molecule has 0 aromatic heterocycles. The molecule has 0 amide bonds. The number of hydrogen-bond donors (Lipinski definition) is 0. The van der Waals surface area contributed by atoms with Crippen LogP contribution in [-0.2, 0) is 0 Å². The first-order chi connectivity index (χ1) is 7.13. The van der Waals surface area contributed by atoms with Crippen molar-refractivity contribution in [2.24, 2.45) is 4.99 Å². The molecule has 0 unspecified atom stereocenters. The topological polar surface area (TPSA) is 12.4 Å². The Hall–Kier alpha value is -1.41. The van der Waals surface area contributed by atoms with Crippen molar-refractivity contribution in [3.63, 3.8) is 0 Å². The highest BCUT2D eigenvalue weighted by atomic mass is 35.5. The SMILES string of the molecule is C=N/C=C(Cl)\C=C(\C)c1cccc(F)c1. The summed E-state index contributed by atoms with van der Waals surface area (Å²) in [4.78, 5) is 3.54. The lowest BCUT2D eigenvalue weighted by Gasteiger charge is -2.00. The van der Waals surface area contributed by atoms with Crippen LogP contribution < -0.4 is 0 Å². The number of halogens is 2. The minimum Gasteiger partial charge on any atom is -0.271 e. The molecule has 0 saturated heterocycles. The summed E-state index contributed by atoms with van der Waals surface area (Å²) < 4.78 is 12.9. The van der Waals surface area contributed by atoms with Gasteiger partial charge in [-0.1, -0.05) is 23.7 Å². The Bertz CT molecular complexity index is 421. The zero-order chi connectivity index (χ0) is 11.3. The van der Waals surface area contributed by atoms with Crippen molar-refractivity contribution < 1.29 is 4.39 Å².